The van der Waals surface area contributed by atoms with Crippen LogP contribution < -0.4 is 5.73 Å². The van der Waals surface area contributed by atoms with Crippen LogP contribution in [0.2, 0.25) is 0 Å². The third kappa shape index (κ3) is 1.87. The number of aryl methyl sites for hydroxylation is 1. The molecule has 96 valence electrons. The molecule has 3 aromatic rings. The number of fused-ring (bicyclic) bond motifs is 1. The molecule has 0 spiro atoms. The van der Waals surface area contributed by atoms with E-state index in [0.717, 1.165) is 16.6 Å². The number of para-hydroxylation sites is 1. The average Bonchev–Trinajstić information content (AvgIpc) is 2.77. The Labute approximate surface area is 112 Å². The first kappa shape index (κ1) is 11.8. The first-order valence-corrected chi connectivity index (χ1v) is 6.46. The Hall–Kier alpha value is -2.29. The van der Waals surface area contributed by atoms with Crippen LogP contribution in [-0.4, -0.2) is 9.55 Å². The minimum atomic E-state index is 0.174. The van der Waals surface area contributed by atoms with Crippen LogP contribution in [0, 0.1) is 6.92 Å². The van der Waals surface area contributed by atoms with E-state index in [1.165, 1.54) is 5.56 Å². The van der Waals surface area contributed by atoms with Gasteiger partial charge < -0.3 is 10.3 Å². The highest BCUT2D eigenvalue weighted by Crippen LogP contribution is 2.28. The summed E-state index contributed by atoms with van der Waals surface area (Å²) >= 11 is 0. The van der Waals surface area contributed by atoms with E-state index in [2.05, 4.69) is 47.7 Å². The van der Waals surface area contributed by atoms with Crippen molar-refractivity contribution < 1.29 is 0 Å². The van der Waals surface area contributed by atoms with E-state index >= 15 is 0 Å². The summed E-state index contributed by atoms with van der Waals surface area (Å²) in [6.45, 7) is 4.21. The average molecular weight is 251 g/mol. The van der Waals surface area contributed by atoms with Crippen molar-refractivity contribution in [3.63, 3.8) is 0 Å². The summed E-state index contributed by atoms with van der Waals surface area (Å²) in [4.78, 5) is 4.50. The number of imidazole rings is 1. The quantitative estimate of drug-likeness (QED) is 0.757. The predicted octanol–water partition coefficient (Wildman–Crippen LogP) is 3.54. The van der Waals surface area contributed by atoms with Gasteiger partial charge in [-0.1, -0.05) is 42.5 Å². The highest BCUT2D eigenvalue weighted by Gasteiger charge is 2.15. The first-order chi connectivity index (χ1) is 9.18. The maximum absolute atomic E-state index is 6.11. The van der Waals surface area contributed by atoms with Crippen LogP contribution in [0.4, 0.5) is 5.95 Å². The van der Waals surface area contributed by atoms with Crippen molar-refractivity contribution in [2.75, 3.05) is 5.73 Å². The zero-order chi connectivity index (χ0) is 13.4. The van der Waals surface area contributed by atoms with Gasteiger partial charge in [0.1, 0.15) is 0 Å². The predicted molar refractivity (Wildman–Crippen MR) is 79.1 cm³/mol. The number of rotatable bonds is 2. The molecule has 0 fully saturated rings. The molecule has 0 amide bonds. The first-order valence-electron chi connectivity index (χ1n) is 6.46. The summed E-state index contributed by atoms with van der Waals surface area (Å²) < 4.78 is 2.09. The van der Waals surface area contributed by atoms with E-state index in [1.54, 1.807) is 0 Å². The molecule has 1 heterocycles. The highest BCUT2D eigenvalue weighted by molar-refractivity contribution is 5.81. The molecular formula is C16H17N3. The van der Waals surface area contributed by atoms with E-state index in [1.807, 2.05) is 24.3 Å². The monoisotopic (exact) mass is 251 g/mol. The lowest BCUT2D eigenvalue weighted by Gasteiger charge is -2.16. The lowest BCUT2D eigenvalue weighted by Crippen LogP contribution is -2.09. The van der Waals surface area contributed by atoms with Crippen molar-refractivity contribution in [2.45, 2.75) is 19.9 Å². The van der Waals surface area contributed by atoms with Gasteiger partial charge in [0.05, 0.1) is 17.1 Å². The lowest BCUT2D eigenvalue weighted by molar-refractivity contribution is 0.668. The zero-order valence-electron chi connectivity index (χ0n) is 11.2. The summed E-state index contributed by atoms with van der Waals surface area (Å²) in [7, 11) is 0. The highest BCUT2D eigenvalue weighted by atomic mass is 15.2. The summed E-state index contributed by atoms with van der Waals surface area (Å²) in [5.74, 6) is 0.570. The molecule has 0 radical (unpaired) electrons. The van der Waals surface area contributed by atoms with Crippen molar-refractivity contribution in [1.29, 1.82) is 0 Å². The largest absolute Gasteiger partial charge is 0.369 e. The number of aromatic nitrogens is 2. The molecule has 3 heteroatoms. The van der Waals surface area contributed by atoms with Gasteiger partial charge in [0.15, 0.2) is 0 Å². The van der Waals surface area contributed by atoms with Crippen LogP contribution in [0.15, 0.2) is 48.5 Å². The minimum absolute atomic E-state index is 0.174. The SMILES string of the molecule is Cc1cccc2c1nc(N)n2C(C)c1ccccc1. The second-order valence-corrected chi connectivity index (χ2v) is 4.87. The Bertz CT molecular complexity index is 713. The van der Waals surface area contributed by atoms with Gasteiger partial charge in [-0.05, 0) is 31.0 Å². The fourth-order valence-corrected chi connectivity index (χ4v) is 2.56. The molecule has 0 aliphatic rings. The van der Waals surface area contributed by atoms with Crippen LogP contribution in [0.3, 0.4) is 0 Å². The van der Waals surface area contributed by atoms with Crippen molar-refractivity contribution >= 4 is 17.0 Å². The van der Waals surface area contributed by atoms with E-state index in [9.17, 15) is 0 Å². The van der Waals surface area contributed by atoms with Crippen LogP contribution in [-0.2, 0) is 0 Å². The second kappa shape index (κ2) is 4.43. The molecule has 0 saturated carbocycles. The standard InChI is InChI=1S/C16H17N3/c1-11-7-6-10-14-15(11)18-16(17)19(14)12(2)13-8-4-3-5-9-13/h3-10,12H,1-2H3,(H2,17,18). The number of hydrogen-bond donors (Lipinski definition) is 1. The third-order valence-electron chi connectivity index (χ3n) is 3.62. The number of nitrogens with two attached hydrogens (primary N) is 1. The molecule has 2 aromatic carbocycles. The fraction of sp³-hybridized carbons (Fsp3) is 0.188. The van der Waals surface area contributed by atoms with Gasteiger partial charge in [-0.15, -0.1) is 0 Å². The van der Waals surface area contributed by atoms with Gasteiger partial charge >= 0.3 is 0 Å². The van der Waals surface area contributed by atoms with E-state index in [0.29, 0.717) is 5.95 Å². The molecule has 2 N–H and O–H groups in total. The van der Waals surface area contributed by atoms with E-state index in [-0.39, 0.29) is 6.04 Å². The number of hydrogen-bond acceptors (Lipinski definition) is 2. The van der Waals surface area contributed by atoms with Crippen LogP contribution >= 0.6 is 0 Å². The van der Waals surface area contributed by atoms with Gasteiger partial charge in [0, 0.05) is 0 Å². The molecular weight excluding hydrogens is 234 g/mol. The second-order valence-electron chi connectivity index (χ2n) is 4.87. The summed E-state index contributed by atoms with van der Waals surface area (Å²) in [6.07, 6.45) is 0. The normalized spacial score (nSPS) is 12.7. The topological polar surface area (TPSA) is 43.8 Å². The molecule has 1 atom stereocenters. The molecule has 0 saturated heterocycles. The van der Waals surface area contributed by atoms with E-state index < -0.39 is 0 Å². The van der Waals surface area contributed by atoms with Crippen molar-refractivity contribution in [3.05, 3.63) is 59.7 Å². The van der Waals surface area contributed by atoms with Crippen LogP contribution in [0.5, 0.6) is 0 Å². The number of nitrogens with zero attached hydrogens (tertiary/aromatic N) is 2. The number of anilines is 1. The summed E-state index contributed by atoms with van der Waals surface area (Å²) in [5, 5.41) is 0. The third-order valence-corrected chi connectivity index (χ3v) is 3.62. The van der Waals surface area contributed by atoms with Crippen LogP contribution in [0.1, 0.15) is 24.1 Å². The Morgan fingerprint density at radius 3 is 2.53 bits per heavy atom. The molecule has 3 rings (SSSR count). The Kier molecular flexibility index (Phi) is 2.75. The van der Waals surface area contributed by atoms with E-state index in [4.69, 9.17) is 5.73 Å². The molecule has 3 nitrogen and oxygen atoms in total. The van der Waals surface area contributed by atoms with Gasteiger partial charge in [0.2, 0.25) is 5.95 Å². The maximum Gasteiger partial charge on any atom is 0.201 e. The van der Waals surface area contributed by atoms with Gasteiger partial charge in [-0.25, -0.2) is 4.98 Å². The van der Waals surface area contributed by atoms with Crippen molar-refractivity contribution in [1.82, 2.24) is 9.55 Å². The summed E-state index contributed by atoms with van der Waals surface area (Å²) in [6, 6.07) is 16.7. The summed E-state index contributed by atoms with van der Waals surface area (Å²) in [5.41, 5.74) is 10.6. The van der Waals surface area contributed by atoms with Gasteiger partial charge in [0.25, 0.3) is 0 Å². The molecule has 0 aliphatic carbocycles. The van der Waals surface area contributed by atoms with Crippen molar-refractivity contribution in [3.8, 4) is 0 Å². The molecule has 0 bridgehead atoms. The zero-order valence-corrected chi connectivity index (χ0v) is 11.2. The van der Waals surface area contributed by atoms with Crippen LogP contribution in [0.25, 0.3) is 11.0 Å². The molecule has 0 aliphatic heterocycles. The number of nitrogen functional groups attached to an aromatic ring is 1. The Balaban J connectivity index is 2.20. The molecule has 1 unspecified atom stereocenters. The maximum atomic E-state index is 6.11. The minimum Gasteiger partial charge on any atom is -0.369 e. The smallest absolute Gasteiger partial charge is 0.201 e. The fourth-order valence-electron chi connectivity index (χ4n) is 2.56. The Morgan fingerprint density at radius 2 is 1.79 bits per heavy atom. The number of benzene rings is 2. The van der Waals surface area contributed by atoms with Gasteiger partial charge in [-0.3, -0.25) is 0 Å². The lowest BCUT2D eigenvalue weighted by atomic mass is 10.1. The molecule has 1 aromatic heterocycles. The Morgan fingerprint density at radius 1 is 1.05 bits per heavy atom. The molecule has 19 heavy (non-hydrogen) atoms. The van der Waals surface area contributed by atoms with Crippen molar-refractivity contribution in [2.24, 2.45) is 0 Å². The van der Waals surface area contributed by atoms with Gasteiger partial charge in [-0.2, -0.15) is 0 Å².